The van der Waals surface area contributed by atoms with Crippen molar-refractivity contribution in [2.24, 2.45) is 0 Å². The van der Waals surface area contributed by atoms with E-state index >= 15 is 0 Å². The maximum Gasteiger partial charge on any atom is 0.336 e. The van der Waals surface area contributed by atoms with Crippen molar-refractivity contribution in [2.45, 2.75) is 0 Å². The number of hydrogen-bond acceptors (Lipinski definition) is 4. The predicted molar refractivity (Wildman–Crippen MR) is 95.8 cm³/mol. The second-order valence-electron chi connectivity index (χ2n) is 5.20. The van der Waals surface area contributed by atoms with Crippen LogP contribution in [0.4, 0.5) is 4.39 Å². The maximum atomic E-state index is 13.6. The van der Waals surface area contributed by atoms with E-state index in [4.69, 9.17) is 21.1 Å². The highest BCUT2D eigenvalue weighted by molar-refractivity contribution is 6.32. The molecule has 130 valence electrons. The fourth-order valence-electron chi connectivity index (χ4n) is 2.28. The molecule has 0 bridgehead atoms. The Labute approximate surface area is 153 Å². The normalized spacial score (nSPS) is 10.8. The minimum Gasteiger partial charge on any atom is -0.423 e. The highest BCUT2D eigenvalue weighted by Gasteiger charge is 2.12. The number of para-hydroxylation sites is 1. The summed E-state index contributed by atoms with van der Waals surface area (Å²) >= 11 is 5.77. The third-order valence-corrected chi connectivity index (χ3v) is 3.73. The molecular formula is C20H12ClFO4. The van der Waals surface area contributed by atoms with Crippen LogP contribution in [-0.2, 0) is 9.59 Å². The molecule has 0 aliphatic heterocycles. The van der Waals surface area contributed by atoms with Gasteiger partial charge in [0.2, 0.25) is 0 Å². The van der Waals surface area contributed by atoms with Crippen LogP contribution in [0.2, 0.25) is 5.02 Å². The molecule has 0 aliphatic carbocycles. The number of fused-ring (bicyclic) bond motifs is 1. The smallest absolute Gasteiger partial charge is 0.336 e. The number of hydrogen-bond donors (Lipinski definition) is 0. The molecule has 0 radical (unpaired) electrons. The van der Waals surface area contributed by atoms with Gasteiger partial charge in [0.05, 0.1) is 5.02 Å². The Morgan fingerprint density at radius 1 is 0.846 bits per heavy atom. The number of esters is 2. The molecule has 0 spiro atoms. The van der Waals surface area contributed by atoms with E-state index in [9.17, 15) is 14.0 Å². The summed E-state index contributed by atoms with van der Waals surface area (Å²) in [5, 5.41) is 1.62. The van der Waals surface area contributed by atoms with E-state index in [1.54, 1.807) is 12.1 Å². The van der Waals surface area contributed by atoms with Gasteiger partial charge in [-0.3, -0.25) is 0 Å². The van der Waals surface area contributed by atoms with Gasteiger partial charge in [0.25, 0.3) is 0 Å². The van der Waals surface area contributed by atoms with Crippen LogP contribution in [0.15, 0.2) is 72.8 Å². The third kappa shape index (κ3) is 4.07. The fourth-order valence-corrected chi connectivity index (χ4v) is 2.48. The fraction of sp³-hybridized carbons (Fsp3) is 0. The average molecular weight is 371 g/mol. The average Bonchev–Trinajstić information content (AvgIpc) is 2.63. The number of ether oxygens (including phenoxy) is 2. The highest BCUT2D eigenvalue weighted by Crippen LogP contribution is 2.27. The number of rotatable bonds is 4. The van der Waals surface area contributed by atoms with Crippen LogP contribution in [0.5, 0.6) is 11.5 Å². The van der Waals surface area contributed by atoms with Gasteiger partial charge >= 0.3 is 11.9 Å². The van der Waals surface area contributed by atoms with Crippen LogP contribution in [0.1, 0.15) is 0 Å². The lowest BCUT2D eigenvalue weighted by Gasteiger charge is -2.06. The van der Waals surface area contributed by atoms with Gasteiger partial charge in [-0.05, 0) is 23.6 Å². The first kappa shape index (κ1) is 17.6. The quantitative estimate of drug-likeness (QED) is 0.379. The van der Waals surface area contributed by atoms with Crippen LogP contribution >= 0.6 is 11.6 Å². The first-order valence-electron chi connectivity index (χ1n) is 7.58. The minimum atomic E-state index is -0.952. The minimum absolute atomic E-state index is 0.0509. The van der Waals surface area contributed by atoms with Crippen molar-refractivity contribution in [3.8, 4) is 11.5 Å². The third-order valence-electron chi connectivity index (χ3n) is 3.44. The van der Waals surface area contributed by atoms with Gasteiger partial charge in [0.1, 0.15) is 5.75 Å². The van der Waals surface area contributed by atoms with Crippen molar-refractivity contribution < 1.29 is 23.5 Å². The maximum absolute atomic E-state index is 13.6. The van der Waals surface area contributed by atoms with Crippen molar-refractivity contribution in [3.63, 3.8) is 0 Å². The van der Waals surface area contributed by atoms with Gasteiger partial charge in [-0.25, -0.2) is 14.0 Å². The van der Waals surface area contributed by atoms with Gasteiger partial charge in [0, 0.05) is 17.5 Å². The van der Waals surface area contributed by atoms with Crippen LogP contribution in [-0.4, -0.2) is 11.9 Å². The summed E-state index contributed by atoms with van der Waals surface area (Å²) in [7, 11) is 0. The number of halogens is 2. The van der Waals surface area contributed by atoms with E-state index < -0.39 is 23.5 Å². The Kier molecular flexibility index (Phi) is 5.29. The van der Waals surface area contributed by atoms with Crippen LogP contribution < -0.4 is 9.47 Å². The SMILES string of the molecule is O=C(/C=C/C(=O)Oc1cccc2ccccc12)Oc1c(F)cccc1Cl. The van der Waals surface area contributed by atoms with E-state index in [1.165, 1.54) is 12.1 Å². The molecule has 0 atom stereocenters. The molecule has 3 aromatic rings. The molecule has 26 heavy (non-hydrogen) atoms. The van der Waals surface area contributed by atoms with E-state index in [1.807, 2.05) is 30.3 Å². The zero-order chi connectivity index (χ0) is 18.5. The zero-order valence-electron chi connectivity index (χ0n) is 13.3. The lowest BCUT2D eigenvalue weighted by molar-refractivity contribution is -0.131. The van der Waals surface area contributed by atoms with Gasteiger partial charge in [0.15, 0.2) is 11.6 Å². The van der Waals surface area contributed by atoms with Crippen molar-refractivity contribution >= 4 is 34.3 Å². The first-order chi connectivity index (χ1) is 12.5. The Morgan fingerprint density at radius 2 is 1.50 bits per heavy atom. The Hall–Kier alpha value is -3.18. The molecule has 0 aliphatic rings. The molecule has 3 rings (SSSR count). The summed E-state index contributed by atoms with van der Waals surface area (Å²) in [5.74, 6) is -2.53. The van der Waals surface area contributed by atoms with E-state index in [0.717, 1.165) is 29.0 Å². The molecule has 0 fully saturated rings. The standard InChI is InChI=1S/C20H12ClFO4/c21-15-8-4-9-16(22)20(15)26-19(24)12-11-18(23)25-17-10-3-6-13-5-1-2-7-14(13)17/h1-12H/b12-11+. The molecule has 6 heteroatoms. The monoisotopic (exact) mass is 370 g/mol. The lowest BCUT2D eigenvalue weighted by Crippen LogP contribution is -2.09. The molecule has 3 aromatic carbocycles. The van der Waals surface area contributed by atoms with Crippen LogP contribution in [0.3, 0.4) is 0 Å². The number of carbonyl (C=O) groups is 2. The molecule has 0 aromatic heterocycles. The summed E-state index contributed by atoms with van der Waals surface area (Å²) < 4.78 is 23.6. The molecule has 0 N–H and O–H groups in total. The molecule has 0 heterocycles. The van der Waals surface area contributed by atoms with E-state index in [0.29, 0.717) is 5.75 Å². The Balaban J connectivity index is 1.68. The highest BCUT2D eigenvalue weighted by atomic mass is 35.5. The summed E-state index contributed by atoms with van der Waals surface area (Å²) in [6.07, 6.45) is 1.75. The molecule has 0 unspecified atom stereocenters. The first-order valence-corrected chi connectivity index (χ1v) is 7.96. The molecule has 0 saturated heterocycles. The van der Waals surface area contributed by atoms with E-state index in [-0.39, 0.29) is 5.02 Å². The Bertz CT molecular complexity index is 988. The molecule has 0 saturated carbocycles. The van der Waals surface area contributed by atoms with Crippen molar-refractivity contribution in [1.29, 1.82) is 0 Å². The number of carbonyl (C=O) groups excluding carboxylic acids is 2. The van der Waals surface area contributed by atoms with Crippen LogP contribution in [0.25, 0.3) is 10.8 Å². The topological polar surface area (TPSA) is 52.6 Å². The molecule has 4 nitrogen and oxygen atoms in total. The second-order valence-corrected chi connectivity index (χ2v) is 5.61. The van der Waals surface area contributed by atoms with Crippen molar-refractivity contribution in [3.05, 3.63) is 83.7 Å². The summed E-state index contributed by atoms with van der Waals surface area (Å²) in [6.45, 7) is 0. The summed E-state index contributed by atoms with van der Waals surface area (Å²) in [6, 6.07) is 16.6. The lowest BCUT2D eigenvalue weighted by atomic mass is 10.1. The Morgan fingerprint density at radius 3 is 2.27 bits per heavy atom. The van der Waals surface area contributed by atoms with E-state index in [2.05, 4.69) is 0 Å². The van der Waals surface area contributed by atoms with Gasteiger partial charge in [-0.2, -0.15) is 0 Å². The zero-order valence-corrected chi connectivity index (χ0v) is 14.1. The molecular weight excluding hydrogens is 359 g/mol. The van der Waals surface area contributed by atoms with Gasteiger partial charge < -0.3 is 9.47 Å². The van der Waals surface area contributed by atoms with Gasteiger partial charge in [-0.1, -0.05) is 54.1 Å². The largest absolute Gasteiger partial charge is 0.423 e. The van der Waals surface area contributed by atoms with Crippen molar-refractivity contribution in [2.75, 3.05) is 0 Å². The van der Waals surface area contributed by atoms with Crippen molar-refractivity contribution in [1.82, 2.24) is 0 Å². The molecule has 0 amide bonds. The predicted octanol–water partition coefficient (Wildman–Crippen LogP) is 4.70. The second kappa shape index (κ2) is 7.80. The number of benzene rings is 3. The van der Waals surface area contributed by atoms with Crippen LogP contribution in [0, 0.1) is 5.82 Å². The summed E-state index contributed by atoms with van der Waals surface area (Å²) in [4.78, 5) is 23.7. The summed E-state index contributed by atoms with van der Waals surface area (Å²) in [5.41, 5.74) is 0. The van der Waals surface area contributed by atoms with Gasteiger partial charge in [-0.15, -0.1) is 0 Å².